The summed E-state index contributed by atoms with van der Waals surface area (Å²) in [6, 6.07) is 13.2. The third-order valence-corrected chi connectivity index (χ3v) is 7.90. The van der Waals surface area contributed by atoms with Crippen LogP contribution in [0.2, 0.25) is 0 Å². The smallest absolute Gasteiger partial charge is 0.150 e. The lowest BCUT2D eigenvalue weighted by atomic mass is 9.91. The van der Waals surface area contributed by atoms with E-state index in [2.05, 4.69) is 27.4 Å². The topological polar surface area (TPSA) is 103 Å². The number of fused-ring (bicyclic) bond motifs is 2. The van der Waals surface area contributed by atoms with Gasteiger partial charge in [0, 0.05) is 29.1 Å². The second-order valence-corrected chi connectivity index (χ2v) is 10.5. The summed E-state index contributed by atoms with van der Waals surface area (Å²) in [6.45, 7) is 0.781. The summed E-state index contributed by atoms with van der Waals surface area (Å²) in [5.74, 6) is -0.961. The predicted octanol–water partition coefficient (Wildman–Crippen LogP) is 6.77. The van der Waals surface area contributed by atoms with Gasteiger partial charge in [0.25, 0.3) is 0 Å². The fraction of sp³-hybridized carbons (Fsp3) is 0.273. The van der Waals surface area contributed by atoms with Gasteiger partial charge in [0.1, 0.15) is 30.0 Å². The molecule has 1 saturated heterocycles. The van der Waals surface area contributed by atoms with E-state index in [9.17, 15) is 8.78 Å². The summed E-state index contributed by atoms with van der Waals surface area (Å²) in [5, 5.41) is 29.2. The number of allylic oxidation sites excluding steroid dienone is 2. The molecule has 9 heteroatoms. The van der Waals surface area contributed by atoms with E-state index in [1.165, 1.54) is 24.3 Å². The van der Waals surface area contributed by atoms with Crippen molar-refractivity contribution in [3.8, 4) is 12.1 Å². The zero-order chi connectivity index (χ0) is 29.1. The Kier molecular flexibility index (Phi) is 7.76. The first-order valence-electron chi connectivity index (χ1n) is 14.1. The molecule has 1 N–H and O–H groups in total. The number of aromatic amines is 1. The fourth-order valence-electron chi connectivity index (χ4n) is 5.79. The number of ether oxygens (including phenoxy) is 1. The van der Waals surface area contributed by atoms with Gasteiger partial charge in [0.05, 0.1) is 23.5 Å². The third kappa shape index (κ3) is 5.27. The molecule has 3 aliphatic rings. The summed E-state index contributed by atoms with van der Waals surface area (Å²) in [7, 11) is 0. The maximum absolute atomic E-state index is 14.0. The highest BCUT2D eigenvalue weighted by atomic mass is 19.1. The fourth-order valence-corrected chi connectivity index (χ4v) is 5.79. The minimum Gasteiger partial charge on any atom is -0.357 e. The van der Waals surface area contributed by atoms with Crippen LogP contribution in [0.1, 0.15) is 83.1 Å². The molecule has 4 aromatic rings. The van der Waals surface area contributed by atoms with Crippen molar-refractivity contribution in [3.63, 3.8) is 0 Å². The molecule has 1 aliphatic heterocycles. The van der Waals surface area contributed by atoms with Crippen LogP contribution in [-0.2, 0) is 17.6 Å². The number of nitrogens with one attached hydrogen (secondary N) is 1. The molecule has 0 saturated carbocycles. The molecule has 3 heterocycles. The van der Waals surface area contributed by atoms with Gasteiger partial charge in [-0.25, -0.2) is 13.5 Å². The number of aryl methyl sites for hydroxylation is 1. The molecule has 2 aromatic carbocycles. The van der Waals surface area contributed by atoms with Crippen molar-refractivity contribution in [1.82, 2.24) is 20.0 Å². The molecule has 42 heavy (non-hydrogen) atoms. The van der Waals surface area contributed by atoms with Crippen molar-refractivity contribution in [1.29, 1.82) is 10.5 Å². The van der Waals surface area contributed by atoms with E-state index in [-0.39, 0.29) is 17.4 Å². The number of H-pyrrole nitrogens is 1. The van der Waals surface area contributed by atoms with E-state index in [1.807, 2.05) is 23.0 Å². The molecule has 1 unspecified atom stereocenters. The predicted molar refractivity (Wildman–Crippen MR) is 153 cm³/mol. The lowest BCUT2D eigenvalue weighted by molar-refractivity contribution is -0.0411. The number of hydrogen-bond donors (Lipinski definition) is 1. The minimum absolute atomic E-state index is 0.0135. The monoisotopic (exact) mass is 562 g/mol. The lowest BCUT2D eigenvalue weighted by Gasteiger charge is -2.26. The molecule has 0 radical (unpaired) electrons. The van der Waals surface area contributed by atoms with E-state index in [1.54, 1.807) is 18.3 Å². The summed E-state index contributed by atoms with van der Waals surface area (Å²) in [6.07, 6.45) is 14.7. The molecular weight excluding hydrogens is 534 g/mol. The van der Waals surface area contributed by atoms with Gasteiger partial charge in [0.2, 0.25) is 0 Å². The molecule has 0 bridgehead atoms. The summed E-state index contributed by atoms with van der Waals surface area (Å²) in [5.41, 5.74) is 7.98. The third-order valence-electron chi connectivity index (χ3n) is 7.90. The number of nitrogens with zero attached hydrogens (tertiary/aromatic N) is 5. The van der Waals surface area contributed by atoms with Crippen molar-refractivity contribution in [2.75, 3.05) is 6.61 Å². The Morgan fingerprint density at radius 1 is 0.857 bits per heavy atom. The quantitative estimate of drug-likeness (QED) is 0.297. The van der Waals surface area contributed by atoms with Gasteiger partial charge < -0.3 is 4.74 Å². The Morgan fingerprint density at radius 3 is 2.14 bits per heavy atom. The van der Waals surface area contributed by atoms with Gasteiger partial charge in [-0.05, 0) is 91.5 Å². The zero-order valence-corrected chi connectivity index (χ0v) is 22.9. The number of aromatic nitrogens is 4. The molecule has 0 spiro atoms. The van der Waals surface area contributed by atoms with Gasteiger partial charge in [-0.3, -0.25) is 5.10 Å². The Morgan fingerprint density at radius 2 is 1.52 bits per heavy atom. The number of halogens is 2. The van der Waals surface area contributed by atoms with Crippen LogP contribution < -0.4 is 0 Å². The molecule has 2 aromatic heterocycles. The van der Waals surface area contributed by atoms with Crippen molar-refractivity contribution >= 4 is 11.1 Å². The minimum atomic E-state index is -0.481. The molecule has 1 atom stereocenters. The molecule has 1 fully saturated rings. The average molecular weight is 563 g/mol. The van der Waals surface area contributed by atoms with Crippen LogP contribution in [0, 0.1) is 34.3 Å². The standard InChI is InChI=1S/C19H18FN3O.C14H10FN3/c20-17-10-13(7-8-14(17)11-21)15-4-3-5-18-16(15)12-22-23(18)19-6-1-2-9-24-19;15-13-6-9(4-5-10(13)7-16)11-2-1-3-14-12(11)8-17-18-14/h4,7-8,10,12,19H,1-3,5-6,9H2;2,4-6,8H,1,3H2,(H,17,18). The van der Waals surface area contributed by atoms with Gasteiger partial charge in [0.15, 0.2) is 0 Å². The second kappa shape index (κ2) is 11.9. The van der Waals surface area contributed by atoms with Crippen LogP contribution in [-0.4, -0.2) is 26.6 Å². The second-order valence-electron chi connectivity index (χ2n) is 10.5. The van der Waals surface area contributed by atoms with Crippen LogP contribution in [0.5, 0.6) is 0 Å². The van der Waals surface area contributed by atoms with E-state index in [0.717, 1.165) is 96.3 Å². The normalized spacial score (nSPS) is 17.4. The van der Waals surface area contributed by atoms with E-state index in [0.29, 0.717) is 0 Å². The van der Waals surface area contributed by atoms with Gasteiger partial charge in [-0.1, -0.05) is 24.3 Å². The summed E-state index contributed by atoms with van der Waals surface area (Å²) >= 11 is 0. The number of hydrogen-bond acceptors (Lipinski definition) is 5. The summed E-state index contributed by atoms with van der Waals surface area (Å²) < 4.78 is 35.5. The molecular formula is C33H28F2N6O. The number of nitriles is 2. The van der Waals surface area contributed by atoms with Crippen LogP contribution >= 0.6 is 0 Å². The first kappa shape index (κ1) is 27.3. The molecule has 7 nitrogen and oxygen atoms in total. The van der Waals surface area contributed by atoms with Gasteiger partial charge in [-0.2, -0.15) is 20.7 Å². The van der Waals surface area contributed by atoms with Crippen LogP contribution in [0.4, 0.5) is 8.78 Å². The Hall–Kier alpha value is -4.86. The Balaban J connectivity index is 0.000000157. The average Bonchev–Trinajstić information content (AvgIpc) is 3.69. The first-order valence-corrected chi connectivity index (χ1v) is 14.1. The highest BCUT2D eigenvalue weighted by molar-refractivity contribution is 5.82. The van der Waals surface area contributed by atoms with E-state index < -0.39 is 11.6 Å². The maximum atomic E-state index is 14.0. The van der Waals surface area contributed by atoms with Crippen molar-refractivity contribution < 1.29 is 13.5 Å². The zero-order valence-electron chi connectivity index (χ0n) is 22.9. The first-order chi connectivity index (χ1) is 20.6. The molecule has 0 amide bonds. The van der Waals surface area contributed by atoms with Crippen LogP contribution in [0.15, 0.2) is 60.9 Å². The van der Waals surface area contributed by atoms with Crippen molar-refractivity contribution in [2.45, 2.75) is 51.2 Å². The molecule has 210 valence electrons. The van der Waals surface area contributed by atoms with Crippen LogP contribution in [0.25, 0.3) is 11.1 Å². The number of rotatable bonds is 3. The largest absolute Gasteiger partial charge is 0.357 e. The van der Waals surface area contributed by atoms with Crippen molar-refractivity contribution in [3.05, 3.63) is 117 Å². The van der Waals surface area contributed by atoms with E-state index >= 15 is 0 Å². The highest BCUT2D eigenvalue weighted by Crippen LogP contribution is 2.35. The molecule has 2 aliphatic carbocycles. The Bertz CT molecular complexity index is 1780. The Labute approximate surface area is 242 Å². The van der Waals surface area contributed by atoms with Crippen LogP contribution in [0.3, 0.4) is 0 Å². The molecule has 7 rings (SSSR count). The van der Waals surface area contributed by atoms with E-state index in [4.69, 9.17) is 15.3 Å². The van der Waals surface area contributed by atoms with Crippen molar-refractivity contribution in [2.24, 2.45) is 0 Å². The number of benzene rings is 2. The van der Waals surface area contributed by atoms with Gasteiger partial charge in [-0.15, -0.1) is 0 Å². The highest BCUT2D eigenvalue weighted by Gasteiger charge is 2.25. The van der Waals surface area contributed by atoms with Gasteiger partial charge >= 0.3 is 0 Å². The SMILES string of the molecule is N#Cc1ccc(C2=CCCc3[nH]ncc32)cc1F.N#Cc1ccc(C2=CCCc3c2cnn3C2CCCCO2)cc1F. The maximum Gasteiger partial charge on any atom is 0.150 e. The lowest BCUT2D eigenvalue weighted by Crippen LogP contribution is -2.21. The summed E-state index contributed by atoms with van der Waals surface area (Å²) in [4.78, 5) is 0.